The van der Waals surface area contributed by atoms with Gasteiger partial charge in [0, 0.05) is 32.4 Å². The second kappa shape index (κ2) is 9.51. The lowest BCUT2D eigenvalue weighted by atomic mass is 10.1. The minimum Gasteiger partial charge on any atom is -0.497 e. The molecule has 0 saturated carbocycles. The molecule has 1 aliphatic rings. The molecular weight excluding hydrogens is 338 g/mol. The topological polar surface area (TPSA) is 45.7 Å². The summed E-state index contributed by atoms with van der Waals surface area (Å²) in [4.78, 5) is 21.6. The summed E-state index contributed by atoms with van der Waals surface area (Å²) in [7, 11) is 1.68. The summed E-state index contributed by atoms with van der Waals surface area (Å²) in [6.07, 6.45) is 4.92. The number of ether oxygens (including phenoxy) is 1. The Hall–Kier alpha value is -2.40. The molecule has 1 amide bonds. The summed E-state index contributed by atoms with van der Waals surface area (Å²) in [5.41, 5.74) is 2.23. The van der Waals surface area contributed by atoms with Crippen molar-refractivity contribution in [1.29, 1.82) is 0 Å². The quantitative estimate of drug-likeness (QED) is 0.719. The van der Waals surface area contributed by atoms with Crippen molar-refractivity contribution in [3.63, 3.8) is 0 Å². The van der Waals surface area contributed by atoms with Crippen molar-refractivity contribution < 1.29 is 9.53 Å². The molecule has 1 aliphatic heterocycles. The summed E-state index contributed by atoms with van der Waals surface area (Å²) in [6.45, 7) is 5.29. The first kappa shape index (κ1) is 19.4. The number of amides is 1. The highest BCUT2D eigenvalue weighted by atomic mass is 16.5. The van der Waals surface area contributed by atoms with Gasteiger partial charge in [-0.2, -0.15) is 0 Å². The Kier molecular flexibility index (Phi) is 6.82. The first-order valence-corrected chi connectivity index (χ1v) is 9.73. The molecule has 1 aromatic carbocycles. The Morgan fingerprint density at radius 1 is 1.19 bits per heavy atom. The van der Waals surface area contributed by atoms with Gasteiger partial charge in [0.2, 0.25) is 5.91 Å². The van der Waals surface area contributed by atoms with E-state index in [0.717, 1.165) is 50.3 Å². The Balaban J connectivity index is 1.68. The van der Waals surface area contributed by atoms with E-state index in [1.807, 2.05) is 48.4 Å². The minimum absolute atomic E-state index is 0.150. The van der Waals surface area contributed by atoms with Crippen molar-refractivity contribution in [2.45, 2.75) is 38.8 Å². The lowest BCUT2D eigenvalue weighted by Gasteiger charge is -2.31. The number of hydrogen-bond acceptors (Lipinski definition) is 4. The van der Waals surface area contributed by atoms with Crippen LogP contribution in [0.4, 0.5) is 0 Å². The summed E-state index contributed by atoms with van der Waals surface area (Å²) in [5, 5.41) is 0. The molecule has 0 bridgehead atoms. The second-order valence-electron chi connectivity index (χ2n) is 7.10. The van der Waals surface area contributed by atoms with E-state index in [-0.39, 0.29) is 11.9 Å². The van der Waals surface area contributed by atoms with Gasteiger partial charge in [0.25, 0.3) is 0 Å². The fourth-order valence-electron chi connectivity index (χ4n) is 3.53. The zero-order chi connectivity index (χ0) is 19.1. The van der Waals surface area contributed by atoms with Crippen LogP contribution in [0, 0.1) is 0 Å². The normalized spacial score (nSPS) is 15.1. The number of hydrogen-bond donors (Lipinski definition) is 0. The van der Waals surface area contributed by atoms with Crippen LogP contribution in [0.25, 0.3) is 0 Å². The van der Waals surface area contributed by atoms with Crippen LogP contribution in [0.2, 0.25) is 0 Å². The largest absolute Gasteiger partial charge is 0.497 e. The highest BCUT2D eigenvalue weighted by Crippen LogP contribution is 2.16. The maximum atomic E-state index is 12.9. The molecule has 0 N–H and O–H groups in total. The molecule has 0 spiro atoms. The molecule has 2 aromatic rings. The number of aromatic nitrogens is 1. The molecular formula is C22H29N3O2. The van der Waals surface area contributed by atoms with Gasteiger partial charge >= 0.3 is 0 Å². The summed E-state index contributed by atoms with van der Waals surface area (Å²) in [6, 6.07) is 13.9. The van der Waals surface area contributed by atoms with E-state index in [2.05, 4.69) is 22.0 Å². The van der Waals surface area contributed by atoms with Crippen LogP contribution in [0.3, 0.4) is 0 Å². The smallest absolute Gasteiger partial charge is 0.239 e. The van der Waals surface area contributed by atoms with E-state index in [0.29, 0.717) is 6.54 Å². The molecule has 0 aliphatic carbocycles. The van der Waals surface area contributed by atoms with Crippen molar-refractivity contribution in [3.05, 3.63) is 59.9 Å². The van der Waals surface area contributed by atoms with E-state index in [9.17, 15) is 4.79 Å². The van der Waals surface area contributed by atoms with Gasteiger partial charge in [-0.25, -0.2) is 0 Å². The number of pyridine rings is 1. The molecule has 5 nitrogen and oxygen atoms in total. The minimum atomic E-state index is -0.150. The number of nitrogens with zero attached hydrogens (tertiary/aromatic N) is 3. The lowest BCUT2D eigenvalue weighted by molar-refractivity contribution is -0.135. The Labute approximate surface area is 162 Å². The van der Waals surface area contributed by atoms with Crippen LogP contribution in [0.5, 0.6) is 5.75 Å². The van der Waals surface area contributed by atoms with Crippen molar-refractivity contribution in [2.75, 3.05) is 26.7 Å². The van der Waals surface area contributed by atoms with Gasteiger partial charge in [0.05, 0.1) is 18.8 Å². The number of methoxy groups -OCH3 is 1. The zero-order valence-corrected chi connectivity index (χ0v) is 16.3. The molecule has 1 saturated heterocycles. The molecule has 3 rings (SSSR count). The van der Waals surface area contributed by atoms with E-state index in [1.54, 1.807) is 7.11 Å². The fraction of sp³-hybridized carbons (Fsp3) is 0.455. The van der Waals surface area contributed by atoms with Crippen LogP contribution < -0.4 is 4.74 Å². The van der Waals surface area contributed by atoms with Crippen LogP contribution in [-0.2, 0) is 17.8 Å². The Morgan fingerprint density at radius 2 is 1.93 bits per heavy atom. The Morgan fingerprint density at radius 3 is 2.56 bits per heavy atom. The number of likely N-dealkylation sites (tertiary alicyclic amines) is 1. The molecule has 2 heterocycles. The third-order valence-electron chi connectivity index (χ3n) is 5.26. The van der Waals surface area contributed by atoms with Crippen LogP contribution in [0.1, 0.15) is 31.0 Å². The number of carbonyl (C=O) groups excluding carboxylic acids is 1. The van der Waals surface area contributed by atoms with Crippen LogP contribution in [0.15, 0.2) is 48.7 Å². The van der Waals surface area contributed by atoms with Gasteiger partial charge in [-0.05, 0) is 56.0 Å². The van der Waals surface area contributed by atoms with Crippen molar-refractivity contribution in [3.8, 4) is 5.75 Å². The Bertz CT molecular complexity index is 712. The molecule has 144 valence electrons. The highest BCUT2D eigenvalue weighted by Gasteiger charge is 2.27. The predicted molar refractivity (Wildman–Crippen MR) is 107 cm³/mol. The van der Waals surface area contributed by atoms with Gasteiger partial charge in [-0.15, -0.1) is 0 Å². The molecule has 0 unspecified atom stereocenters. The SMILES string of the molecule is COc1ccc(CCN(Cc2ccccn2)[C@H](C)C(=O)N2CCCC2)cc1. The van der Waals surface area contributed by atoms with Crippen molar-refractivity contribution in [2.24, 2.45) is 0 Å². The zero-order valence-electron chi connectivity index (χ0n) is 16.3. The molecule has 27 heavy (non-hydrogen) atoms. The second-order valence-corrected chi connectivity index (χ2v) is 7.10. The third kappa shape index (κ3) is 5.30. The molecule has 1 fully saturated rings. The van der Waals surface area contributed by atoms with Crippen LogP contribution in [-0.4, -0.2) is 53.5 Å². The average Bonchev–Trinajstić information content (AvgIpc) is 3.26. The van der Waals surface area contributed by atoms with Crippen molar-refractivity contribution >= 4 is 5.91 Å². The van der Waals surface area contributed by atoms with Crippen molar-refractivity contribution in [1.82, 2.24) is 14.8 Å². The van der Waals surface area contributed by atoms with Gasteiger partial charge < -0.3 is 9.64 Å². The molecule has 1 atom stereocenters. The van der Waals surface area contributed by atoms with Gasteiger partial charge in [0.15, 0.2) is 0 Å². The van der Waals surface area contributed by atoms with Crippen LogP contribution >= 0.6 is 0 Å². The monoisotopic (exact) mass is 367 g/mol. The maximum absolute atomic E-state index is 12.9. The molecule has 1 aromatic heterocycles. The summed E-state index contributed by atoms with van der Waals surface area (Å²) in [5.74, 6) is 1.10. The molecule has 5 heteroatoms. The average molecular weight is 367 g/mol. The van der Waals surface area contributed by atoms with E-state index in [1.165, 1.54) is 5.56 Å². The van der Waals surface area contributed by atoms with Gasteiger partial charge in [-0.1, -0.05) is 18.2 Å². The van der Waals surface area contributed by atoms with E-state index >= 15 is 0 Å². The summed E-state index contributed by atoms with van der Waals surface area (Å²) < 4.78 is 5.23. The molecule has 0 radical (unpaired) electrons. The van der Waals surface area contributed by atoms with E-state index < -0.39 is 0 Å². The fourth-order valence-corrected chi connectivity index (χ4v) is 3.53. The standard InChI is InChI=1S/C22H29N3O2/c1-18(22(26)24-14-5-6-15-24)25(17-20-7-3-4-13-23-20)16-12-19-8-10-21(27-2)11-9-19/h3-4,7-11,13,18H,5-6,12,14-17H2,1-2H3/t18-/m1/s1. The third-order valence-corrected chi connectivity index (χ3v) is 5.26. The first-order valence-electron chi connectivity index (χ1n) is 9.73. The number of carbonyl (C=O) groups is 1. The van der Waals surface area contributed by atoms with Gasteiger partial charge in [0.1, 0.15) is 5.75 Å². The summed E-state index contributed by atoms with van der Waals surface area (Å²) >= 11 is 0. The first-order chi connectivity index (χ1) is 13.2. The lowest BCUT2D eigenvalue weighted by Crippen LogP contribution is -2.46. The highest BCUT2D eigenvalue weighted by molar-refractivity contribution is 5.81. The number of benzene rings is 1. The van der Waals surface area contributed by atoms with Gasteiger partial charge in [-0.3, -0.25) is 14.7 Å². The van der Waals surface area contributed by atoms with E-state index in [4.69, 9.17) is 4.74 Å². The predicted octanol–water partition coefficient (Wildman–Crippen LogP) is 3.15. The maximum Gasteiger partial charge on any atom is 0.239 e. The number of rotatable bonds is 8.